The summed E-state index contributed by atoms with van der Waals surface area (Å²) in [5.74, 6) is 0.279. The molecule has 0 saturated heterocycles. The number of rotatable bonds is 6. The summed E-state index contributed by atoms with van der Waals surface area (Å²) in [7, 11) is 1.55. The standard InChI is InChI=1S/C12H16Cl2N2O2/c1-3-16-6-8-4-9(13)5-10(14)12(8)18-7-11(17)15-2/h4-5,16H,3,6-7H2,1-2H3,(H,15,17). The molecule has 100 valence electrons. The number of likely N-dealkylation sites (N-methyl/N-ethyl adjacent to an activating group) is 1. The smallest absolute Gasteiger partial charge is 0.257 e. The number of nitrogens with one attached hydrogen (secondary N) is 2. The van der Waals surface area contributed by atoms with Gasteiger partial charge in [0.25, 0.3) is 5.91 Å². The fraction of sp³-hybridized carbons (Fsp3) is 0.417. The van der Waals surface area contributed by atoms with Crippen molar-refractivity contribution in [2.75, 3.05) is 20.2 Å². The summed E-state index contributed by atoms with van der Waals surface area (Å²) >= 11 is 12.0. The van der Waals surface area contributed by atoms with Crippen molar-refractivity contribution >= 4 is 29.1 Å². The zero-order valence-corrected chi connectivity index (χ0v) is 11.9. The van der Waals surface area contributed by atoms with E-state index in [1.54, 1.807) is 19.2 Å². The molecule has 4 nitrogen and oxygen atoms in total. The second-order valence-corrected chi connectivity index (χ2v) is 4.46. The molecule has 0 atom stereocenters. The van der Waals surface area contributed by atoms with E-state index in [0.29, 0.717) is 22.3 Å². The van der Waals surface area contributed by atoms with E-state index >= 15 is 0 Å². The van der Waals surface area contributed by atoms with Gasteiger partial charge >= 0.3 is 0 Å². The first-order chi connectivity index (χ1) is 8.58. The second kappa shape index (κ2) is 7.46. The second-order valence-electron chi connectivity index (χ2n) is 3.62. The third-order valence-electron chi connectivity index (χ3n) is 2.28. The van der Waals surface area contributed by atoms with Crippen molar-refractivity contribution < 1.29 is 9.53 Å². The zero-order chi connectivity index (χ0) is 13.5. The van der Waals surface area contributed by atoms with Crippen LogP contribution in [0, 0.1) is 0 Å². The summed E-state index contributed by atoms with van der Waals surface area (Å²) in [5, 5.41) is 6.59. The SMILES string of the molecule is CCNCc1cc(Cl)cc(Cl)c1OCC(=O)NC. The molecule has 18 heavy (non-hydrogen) atoms. The van der Waals surface area contributed by atoms with Gasteiger partial charge in [0, 0.05) is 24.2 Å². The summed E-state index contributed by atoms with van der Waals surface area (Å²) in [5.41, 5.74) is 0.832. The largest absolute Gasteiger partial charge is 0.482 e. The summed E-state index contributed by atoms with van der Waals surface area (Å²) in [6.45, 7) is 3.33. The molecule has 0 unspecified atom stereocenters. The van der Waals surface area contributed by atoms with Crippen molar-refractivity contribution in [1.29, 1.82) is 0 Å². The first kappa shape index (κ1) is 15.1. The highest BCUT2D eigenvalue weighted by Gasteiger charge is 2.12. The molecule has 6 heteroatoms. The Morgan fingerprint density at radius 2 is 2.11 bits per heavy atom. The Hall–Kier alpha value is -0.970. The molecule has 0 saturated carbocycles. The highest BCUT2D eigenvalue weighted by molar-refractivity contribution is 6.35. The number of carbonyl (C=O) groups is 1. The van der Waals surface area contributed by atoms with Gasteiger partial charge in [-0.3, -0.25) is 4.79 Å². The van der Waals surface area contributed by atoms with E-state index < -0.39 is 0 Å². The molecule has 1 amide bonds. The quantitative estimate of drug-likeness (QED) is 0.845. The summed E-state index contributed by atoms with van der Waals surface area (Å²) in [6.07, 6.45) is 0. The maximum atomic E-state index is 11.2. The van der Waals surface area contributed by atoms with E-state index in [4.69, 9.17) is 27.9 Å². The molecule has 0 bridgehead atoms. The average Bonchev–Trinajstić information content (AvgIpc) is 2.34. The minimum absolute atomic E-state index is 0.0724. The van der Waals surface area contributed by atoms with Crippen molar-refractivity contribution in [2.24, 2.45) is 0 Å². The Labute approximate surface area is 117 Å². The molecule has 2 N–H and O–H groups in total. The van der Waals surface area contributed by atoms with E-state index in [9.17, 15) is 4.79 Å². The lowest BCUT2D eigenvalue weighted by Crippen LogP contribution is -2.25. The molecular weight excluding hydrogens is 275 g/mol. The van der Waals surface area contributed by atoms with Gasteiger partial charge in [-0.25, -0.2) is 0 Å². The summed E-state index contributed by atoms with van der Waals surface area (Å²) in [4.78, 5) is 11.2. The number of amides is 1. The minimum atomic E-state index is -0.213. The molecule has 1 aromatic rings. The van der Waals surface area contributed by atoms with Crippen LogP contribution >= 0.6 is 23.2 Å². The fourth-order valence-electron chi connectivity index (χ4n) is 1.38. The van der Waals surface area contributed by atoms with Gasteiger partial charge in [0.1, 0.15) is 5.75 Å². The van der Waals surface area contributed by atoms with Gasteiger partial charge in [0.05, 0.1) is 5.02 Å². The van der Waals surface area contributed by atoms with Gasteiger partial charge in [-0.15, -0.1) is 0 Å². The van der Waals surface area contributed by atoms with Crippen LogP contribution in [0.5, 0.6) is 5.75 Å². The molecule has 0 spiro atoms. The van der Waals surface area contributed by atoms with Crippen molar-refractivity contribution in [2.45, 2.75) is 13.5 Å². The number of halogens is 2. The lowest BCUT2D eigenvalue weighted by Gasteiger charge is -2.13. The highest BCUT2D eigenvalue weighted by atomic mass is 35.5. The van der Waals surface area contributed by atoms with E-state index in [1.807, 2.05) is 6.92 Å². The number of benzene rings is 1. The molecule has 1 aromatic carbocycles. The number of carbonyl (C=O) groups excluding carboxylic acids is 1. The topological polar surface area (TPSA) is 50.4 Å². The summed E-state index contributed by atoms with van der Waals surface area (Å²) in [6, 6.07) is 3.37. The monoisotopic (exact) mass is 290 g/mol. The van der Waals surface area contributed by atoms with Crippen molar-refractivity contribution in [3.8, 4) is 5.75 Å². The van der Waals surface area contributed by atoms with Gasteiger partial charge < -0.3 is 15.4 Å². The van der Waals surface area contributed by atoms with Crippen molar-refractivity contribution in [1.82, 2.24) is 10.6 Å². The molecule has 0 fully saturated rings. The van der Waals surface area contributed by atoms with Gasteiger partial charge in [0.2, 0.25) is 0 Å². The van der Waals surface area contributed by atoms with E-state index in [-0.39, 0.29) is 12.5 Å². The lowest BCUT2D eigenvalue weighted by molar-refractivity contribution is -0.122. The average molecular weight is 291 g/mol. The van der Waals surface area contributed by atoms with Crippen LogP contribution < -0.4 is 15.4 Å². The van der Waals surface area contributed by atoms with Crippen LogP contribution in [0.3, 0.4) is 0 Å². The molecule has 0 aliphatic heterocycles. The third-order valence-corrected chi connectivity index (χ3v) is 2.78. The Bertz CT molecular complexity index is 425. The molecule has 1 rings (SSSR count). The predicted octanol–water partition coefficient (Wildman–Crippen LogP) is 2.23. The van der Waals surface area contributed by atoms with Crippen LogP contribution in [0.25, 0.3) is 0 Å². The predicted molar refractivity (Wildman–Crippen MR) is 73.4 cm³/mol. The van der Waals surface area contributed by atoms with Gasteiger partial charge in [-0.05, 0) is 18.7 Å². The van der Waals surface area contributed by atoms with Crippen LogP contribution in [0.1, 0.15) is 12.5 Å². The van der Waals surface area contributed by atoms with Crippen LogP contribution in [0.15, 0.2) is 12.1 Å². The van der Waals surface area contributed by atoms with E-state index in [0.717, 1.165) is 12.1 Å². The maximum Gasteiger partial charge on any atom is 0.257 e. The molecule has 0 radical (unpaired) electrons. The van der Waals surface area contributed by atoms with Crippen LogP contribution in [-0.2, 0) is 11.3 Å². The van der Waals surface area contributed by atoms with Crippen LogP contribution in [0.4, 0.5) is 0 Å². The number of hydrogen-bond acceptors (Lipinski definition) is 3. The van der Waals surface area contributed by atoms with E-state index in [1.165, 1.54) is 0 Å². The normalized spacial score (nSPS) is 10.2. The Morgan fingerprint density at radius 1 is 1.39 bits per heavy atom. The highest BCUT2D eigenvalue weighted by Crippen LogP contribution is 2.32. The van der Waals surface area contributed by atoms with Crippen LogP contribution in [-0.4, -0.2) is 26.1 Å². The third kappa shape index (κ3) is 4.37. The van der Waals surface area contributed by atoms with E-state index in [2.05, 4.69) is 10.6 Å². The van der Waals surface area contributed by atoms with Crippen LogP contribution in [0.2, 0.25) is 10.0 Å². The number of hydrogen-bond donors (Lipinski definition) is 2. The Kier molecular flexibility index (Phi) is 6.25. The first-order valence-corrected chi connectivity index (χ1v) is 6.36. The van der Waals surface area contributed by atoms with Gasteiger partial charge in [0.15, 0.2) is 6.61 Å². The van der Waals surface area contributed by atoms with Gasteiger partial charge in [-0.1, -0.05) is 30.1 Å². The van der Waals surface area contributed by atoms with Gasteiger partial charge in [-0.2, -0.15) is 0 Å². The lowest BCUT2D eigenvalue weighted by atomic mass is 10.2. The molecule has 0 aromatic heterocycles. The first-order valence-electron chi connectivity index (χ1n) is 5.60. The Balaban J connectivity index is 2.88. The fourth-order valence-corrected chi connectivity index (χ4v) is 1.97. The minimum Gasteiger partial charge on any atom is -0.482 e. The van der Waals surface area contributed by atoms with Crippen molar-refractivity contribution in [3.63, 3.8) is 0 Å². The zero-order valence-electron chi connectivity index (χ0n) is 10.3. The molecular formula is C12H16Cl2N2O2. The maximum absolute atomic E-state index is 11.2. The van der Waals surface area contributed by atoms with Crippen molar-refractivity contribution in [3.05, 3.63) is 27.7 Å². The summed E-state index contributed by atoms with van der Waals surface area (Å²) < 4.78 is 5.43. The number of ether oxygens (including phenoxy) is 1. The molecule has 0 aliphatic rings. The molecule has 0 heterocycles. The Morgan fingerprint density at radius 3 is 2.72 bits per heavy atom. The molecule has 0 aliphatic carbocycles.